The van der Waals surface area contributed by atoms with Crippen molar-refractivity contribution in [1.82, 2.24) is 0 Å². The van der Waals surface area contributed by atoms with Crippen LogP contribution in [0.1, 0.15) is 57.9 Å². The van der Waals surface area contributed by atoms with Gasteiger partial charge in [0.1, 0.15) is 0 Å². The highest BCUT2D eigenvalue weighted by Gasteiger charge is 2.34. The van der Waals surface area contributed by atoms with E-state index in [-0.39, 0.29) is 5.41 Å². The Balaban J connectivity index is 1.98. The minimum Gasteiger partial charge on any atom is -0.257 e. The second-order valence-corrected chi connectivity index (χ2v) is 6.50. The maximum atomic E-state index is 5.03. The summed E-state index contributed by atoms with van der Waals surface area (Å²) in [6.07, 6.45) is 7.78. The Morgan fingerprint density at radius 1 is 0.947 bits per heavy atom. The maximum Gasteiger partial charge on any atom is 0.0539 e. The van der Waals surface area contributed by atoms with Gasteiger partial charge in [-0.05, 0) is 36.8 Å². The van der Waals surface area contributed by atoms with E-state index in [0.717, 1.165) is 6.42 Å². The summed E-state index contributed by atoms with van der Waals surface area (Å²) in [7, 11) is 0. The van der Waals surface area contributed by atoms with Crippen molar-refractivity contribution in [3.8, 4) is 0 Å². The first-order valence-corrected chi connectivity index (χ1v) is 7.52. The molecule has 1 saturated carbocycles. The molecule has 0 unspecified atom stereocenters. The van der Waals surface area contributed by atoms with Gasteiger partial charge >= 0.3 is 0 Å². The van der Waals surface area contributed by atoms with Crippen LogP contribution in [-0.4, -0.2) is 5.71 Å². The number of allylic oxidation sites excluding steroid dienone is 2. The van der Waals surface area contributed by atoms with Gasteiger partial charge in [0.2, 0.25) is 0 Å². The minimum absolute atomic E-state index is 0.182. The first-order valence-electron chi connectivity index (χ1n) is 7.52. The summed E-state index contributed by atoms with van der Waals surface area (Å²) in [5, 5.41) is 0. The average Bonchev–Trinajstić information content (AvgIpc) is 2.77. The molecular weight excluding hydrogens is 230 g/mol. The Morgan fingerprint density at radius 3 is 2.32 bits per heavy atom. The highest BCUT2D eigenvalue weighted by Crippen LogP contribution is 2.41. The van der Waals surface area contributed by atoms with E-state index in [1.807, 2.05) is 0 Å². The van der Waals surface area contributed by atoms with Gasteiger partial charge in [0.25, 0.3) is 0 Å². The molecule has 0 spiro atoms. The Morgan fingerprint density at radius 2 is 1.63 bits per heavy atom. The van der Waals surface area contributed by atoms with Crippen LogP contribution in [0, 0.1) is 5.41 Å². The summed E-state index contributed by atoms with van der Waals surface area (Å²) in [5.74, 6) is 0. The smallest absolute Gasteiger partial charge is 0.0539 e. The zero-order chi connectivity index (χ0) is 13.3. The topological polar surface area (TPSA) is 12.4 Å². The van der Waals surface area contributed by atoms with Gasteiger partial charge in [0, 0.05) is 17.5 Å². The largest absolute Gasteiger partial charge is 0.257 e. The second kappa shape index (κ2) is 4.96. The fraction of sp³-hybridized carbons (Fsp3) is 0.500. The Hall–Kier alpha value is -1.37. The summed E-state index contributed by atoms with van der Waals surface area (Å²) in [4.78, 5) is 5.03. The van der Waals surface area contributed by atoms with E-state index in [0.29, 0.717) is 0 Å². The lowest BCUT2D eigenvalue weighted by atomic mass is 9.81. The molecule has 1 heteroatoms. The predicted octanol–water partition coefficient (Wildman–Crippen LogP) is 5.12. The van der Waals surface area contributed by atoms with Crippen LogP contribution in [0.4, 0.5) is 0 Å². The molecule has 2 aliphatic rings. The zero-order valence-corrected chi connectivity index (χ0v) is 12.1. The Kier molecular flexibility index (Phi) is 3.30. The van der Waals surface area contributed by atoms with Crippen molar-refractivity contribution < 1.29 is 0 Å². The minimum atomic E-state index is 0.182. The normalized spacial score (nSPS) is 22.5. The second-order valence-electron chi connectivity index (χ2n) is 6.50. The first-order chi connectivity index (χ1) is 9.17. The number of nitrogens with zero attached hydrogens (tertiary/aromatic N) is 1. The van der Waals surface area contributed by atoms with Gasteiger partial charge in [-0.2, -0.15) is 0 Å². The van der Waals surface area contributed by atoms with Gasteiger partial charge in [-0.25, -0.2) is 0 Å². The summed E-state index contributed by atoms with van der Waals surface area (Å²) in [6, 6.07) is 10.7. The molecule has 1 aromatic carbocycles. The van der Waals surface area contributed by atoms with Crippen molar-refractivity contribution in [2.45, 2.75) is 52.4 Å². The van der Waals surface area contributed by atoms with Crippen molar-refractivity contribution in [1.29, 1.82) is 0 Å². The first kappa shape index (κ1) is 12.7. The van der Waals surface area contributed by atoms with E-state index in [9.17, 15) is 0 Å². The number of aliphatic imine (C=N–C) groups is 1. The van der Waals surface area contributed by atoms with Crippen LogP contribution < -0.4 is 0 Å². The lowest BCUT2D eigenvalue weighted by molar-refractivity contribution is 0.528. The predicted molar refractivity (Wildman–Crippen MR) is 81.5 cm³/mol. The molecule has 0 radical (unpaired) electrons. The molecule has 100 valence electrons. The molecule has 0 N–H and O–H groups in total. The zero-order valence-electron chi connectivity index (χ0n) is 12.1. The lowest BCUT2D eigenvalue weighted by Gasteiger charge is -2.20. The third-order valence-electron chi connectivity index (χ3n) is 4.41. The van der Waals surface area contributed by atoms with Crippen molar-refractivity contribution in [3.05, 3.63) is 47.2 Å². The van der Waals surface area contributed by atoms with Gasteiger partial charge in [-0.1, -0.05) is 50.6 Å². The summed E-state index contributed by atoms with van der Waals surface area (Å²) < 4.78 is 0. The van der Waals surface area contributed by atoms with E-state index < -0.39 is 0 Å². The molecule has 1 aliphatic heterocycles. The van der Waals surface area contributed by atoms with E-state index in [4.69, 9.17) is 4.99 Å². The molecule has 1 heterocycles. The van der Waals surface area contributed by atoms with Crippen molar-refractivity contribution >= 4 is 5.71 Å². The highest BCUT2D eigenvalue weighted by molar-refractivity contribution is 6.06. The fourth-order valence-corrected chi connectivity index (χ4v) is 3.35. The molecule has 19 heavy (non-hydrogen) atoms. The summed E-state index contributed by atoms with van der Waals surface area (Å²) in [5.41, 5.74) is 5.77. The summed E-state index contributed by atoms with van der Waals surface area (Å²) >= 11 is 0. The lowest BCUT2D eigenvalue weighted by Crippen LogP contribution is -2.20. The Bertz CT molecular complexity index is 512. The molecule has 1 nitrogen and oxygen atoms in total. The third-order valence-corrected chi connectivity index (χ3v) is 4.41. The molecular formula is C18H23N. The van der Waals surface area contributed by atoms with Gasteiger partial charge in [-0.15, -0.1) is 0 Å². The molecule has 0 bridgehead atoms. The van der Waals surface area contributed by atoms with Crippen LogP contribution in [0.2, 0.25) is 0 Å². The molecule has 0 saturated heterocycles. The van der Waals surface area contributed by atoms with Crippen molar-refractivity contribution in [2.75, 3.05) is 0 Å². The number of hydrogen-bond donors (Lipinski definition) is 0. The van der Waals surface area contributed by atoms with Gasteiger partial charge in [-0.3, -0.25) is 4.99 Å². The van der Waals surface area contributed by atoms with Crippen LogP contribution in [0.25, 0.3) is 0 Å². The van der Waals surface area contributed by atoms with Crippen molar-refractivity contribution in [2.24, 2.45) is 10.4 Å². The molecule has 1 aliphatic carbocycles. The van der Waals surface area contributed by atoms with Gasteiger partial charge in [0.15, 0.2) is 0 Å². The number of hydrogen-bond acceptors (Lipinski definition) is 1. The van der Waals surface area contributed by atoms with Crippen LogP contribution in [0.5, 0.6) is 0 Å². The van der Waals surface area contributed by atoms with Crippen molar-refractivity contribution in [3.63, 3.8) is 0 Å². The average molecular weight is 253 g/mol. The van der Waals surface area contributed by atoms with Gasteiger partial charge < -0.3 is 0 Å². The standard InChI is InChI=1S/C18H23N/c1-18(2)13-16(14-9-5-3-6-10-14)19-17(18)15-11-7-4-8-12-15/h4,7-8,11-12H,3,5-6,9-10,13H2,1-2H3. The van der Waals surface area contributed by atoms with Crippen LogP contribution in [0.15, 0.2) is 46.6 Å². The molecule has 1 fully saturated rings. The molecule has 1 aromatic rings. The van der Waals surface area contributed by atoms with E-state index >= 15 is 0 Å². The third kappa shape index (κ3) is 2.51. The SMILES string of the molecule is CC1(C)CC(=C2CCCCC2)N=C1c1ccccc1. The van der Waals surface area contributed by atoms with Crippen LogP contribution >= 0.6 is 0 Å². The molecule has 0 atom stereocenters. The molecule has 3 rings (SSSR count). The Labute approximate surface area is 116 Å². The van der Waals surface area contributed by atoms with E-state index in [2.05, 4.69) is 44.2 Å². The molecule has 0 amide bonds. The molecule has 0 aromatic heterocycles. The number of rotatable bonds is 1. The van der Waals surface area contributed by atoms with Gasteiger partial charge in [0.05, 0.1) is 5.71 Å². The highest BCUT2D eigenvalue weighted by atomic mass is 14.8. The fourth-order valence-electron chi connectivity index (χ4n) is 3.35. The quantitative estimate of drug-likeness (QED) is 0.658. The number of benzene rings is 1. The van der Waals surface area contributed by atoms with E-state index in [1.165, 1.54) is 49.1 Å². The van der Waals surface area contributed by atoms with Crippen LogP contribution in [-0.2, 0) is 0 Å². The summed E-state index contributed by atoms with van der Waals surface area (Å²) in [6.45, 7) is 4.66. The monoisotopic (exact) mass is 253 g/mol. The van der Waals surface area contributed by atoms with E-state index in [1.54, 1.807) is 5.57 Å². The maximum absolute atomic E-state index is 5.03. The van der Waals surface area contributed by atoms with Crippen LogP contribution in [0.3, 0.4) is 0 Å².